The van der Waals surface area contributed by atoms with E-state index in [1.165, 1.54) is 18.4 Å². The van der Waals surface area contributed by atoms with Gasteiger partial charge in [0.15, 0.2) is 5.69 Å². The lowest BCUT2D eigenvalue weighted by molar-refractivity contribution is -0.141. The fraction of sp³-hybridized carbons (Fsp3) is 0.500. The summed E-state index contributed by atoms with van der Waals surface area (Å²) in [4.78, 5) is 26.3. The van der Waals surface area contributed by atoms with Gasteiger partial charge in [0.2, 0.25) is 0 Å². The van der Waals surface area contributed by atoms with E-state index in [-0.39, 0.29) is 16.7 Å². The van der Waals surface area contributed by atoms with Crippen LogP contribution in [0.15, 0.2) is 0 Å². The maximum atomic E-state index is 13.0. The molecule has 29 heavy (non-hydrogen) atoms. The van der Waals surface area contributed by atoms with Gasteiger partial charge < -0.3 is 10.1 Å². The minimum absolute atomic E-state index is 0.248. The van der Waals surface area contributed by atoms with Gasteiger partial charge in [-0.15, -0.1) is 11.3 Å². The Labute approximate surface area is 174 Å². The molecule has 0 aromatic carbocycles. The molecule has 2 aromatic heterocycles. The zero-order chi connectivity index (χ0) is 21.5. The van der Waals surface area contributed by atoms with Crippen LogP contribution in [0.1, 0.15) is 63.7 Å². The second-order valence-electron chi connectivity index (χ2n) is 6.96. The van der Waals surface area contributed by atoms with Gasteiger partial charge in [0, 0.05) is 11.9 Å². The van der Waals surface area contributed by atoms with Gasteiger partial charge in [-0.1, -0.05) is 11.6 Å². The van der Waals surface area contributed by atoms with Crippen molar-refractivity contribution in [1.82, 2.24) is 9.78 Å². The Morgan fingerprint density at radius 3 is 2.52 bits per heavy atom. The topological polar surface area (TPSA) is 73.2 Å². The van der Waals surface area contributed by atoms with Crippen LogP contribution in [0, 0.1) is 0 Å². The first-order valence-electron chi connectivity index (χ1n) is 8.97. The number of ether oxygens (including phenoxy) is 1. The molecule has 0 unspecified atom stereocenters. The van der Waals surface area contributed by atoms with Crippen molar-refractivity contribution >= 4 is 39.8 Å². The van der Waals surface area contributed by atoms with Crippen molar-refractivity contribution in [2.45, 2.75) is 51.8 Å². The maximum Gasteiger partial charge on any atom is 0.436 e. The van der Waals surface area contributed by atoms with Gasteiger partial charge in [0.1, 0.15) is 15.7 Å². The molecule has 2 aromatic rings. The summed E-state index contributed by atoms with van der Waals surface area (Å²) in [5.41, 5.74) is -0.680. The van der Waals surface area contributed by atoms with Crippen LogP contribution in [0.4, 0.5) is 18.2 Å². The molecule has 0 saturated heterocycles. The fourth-order valence-corrected chi connectivity index (χ4v) is 4.86. The molecular weight excluding hydrogens is 431 g/mol. The van der Waals surface area contributed by atoms with Crippen LogP contribution < -0.4 is 5.32 Å². The number of alkyl halides is 3. The summed E-state index contributed by atoms with van der Waals surface area (Å²) in [6.07, 6.45) is -1.84. The van der Waals surface area contributed by atoms with E-state index in [0.717, 1.165) is 34.4 Å². The third kappa shape index (κ3) is 4.28. The van der Waals surface area contributed by atoms with Crippen molar-refractivity contribution < 1.29 is 27.5 Å². The number of aryl methyl sites for hydroxylation is 2. The molecule has 0 aliphatic heterocycles. The maximum absolute atomic E-state index is 13.0. The van der Waals surface area contributed by atoms with Crippen LogP contribution in [-0.4, -0.2) is 27.8 Å². The summed E-state index contributed by atoms with van der Waals surface area (Å²) in [6, 6.07) is 0. The number of nitrogens with zero attached hydrogens (tertiary/aromatic N) is 2. The molecule has 0 radical (unpaired) electrons. The molecule has 0 atom stereocenters. The molecule has 2 heterocycles. The van der Waals surface area contributed by atoms with E-state index >= 15 is 0 Å². The molecule has 6 nitrogen and oxygen atoms in total. The highest BCUT2D eigenvalue weighted by atomic mass is 35.5. The Hall–Kier alpha value is -2.07. The smallest absolute Gasteiger partial charge is 0.436 e. The molecule has 0 bridgehead atoms. The van der Waals surface area contributed by atoms with Gasteiger partial charge in [0.25, 0.3) is 5.91 Å². The fourth-order valence-electron chi connectivity index (χ4n) is 3.23. The van der Waals surface area contributed by atoms with E-state index in [1.807, 2.05) is 0 Å². The molecule has 0 saturated carbocycles. The van der Waals surface area contributed by atoms with E-state index in [1.54, 1.807) is 13.8 Å². The monoisotopic (exact) mass is 449 g/mol. The Bertz CT molecular complexity index is 966. The number of halogens is 4. The summed E-state index contributed by atoms with van der Waals surface area (Å²) < 4.78 is 45.2. The number of carbonyl (C=O) groups is 2. The summed E-state index contributed by atoms with van der Waals surface area (Å²) in [7, 11) is 1.20. The molecule has 1 N–H and O–H groups in total. The minimum atomic E-state index is -4.79. The summed E-state index contributed by atoms with van der Waals surface area (Å²) in [5, 5.41) is 5.33. The number of aromatic nitrogens is 2. The number of hydrogen-bond acceptors (Lipinski definition) is 5. The third-order valence-corrected chi connectivity index (χ3v) is 5.98. The molecular formula is C18H19ClF3N3O3S. The molecule has 11 heteroatoms. The lowest BCUT2D eigenvalue weighted by Gasteiger charge is -2.14. The van der Waals surface area contributed by atoms with E-state index in [4.69, 9.17) is 16.3 Å². The number of amides is 1. The van der Waals surface area contributed by atoms with Crippen LogP contribution in [0.5, 0.6) is 0 Å². The zero-order valence-corrected chi connectivity index (χ0v) is 17.5. The van der Waals surface area contributed by atoms with Crippen molar-refractivity contribution in [3.63, 3.8) is 0 Å². The first-order chi connectivity index (χ1) is 13.5. The number of thiophene rings is 1. The van der Waals surface area contributed by atoms with Crippen molar-refractivity contribution in [3.8, 4) is 0 Å². The Balaban J connectivity index is 1.99. The molecule has 0 fully saturated rings. The van der Waals surface area contributed by atoms with Crippen molar-refractivity contribution in [1.29, 1.82) is 0 Å². The minimum Gasteiger partial charge on any atom is -0.459 e. The average molecular weight is 450 g/mol. The first kappa shape index (κ1) is 21.6. The lowest BCUT2D eigenvalue weighted by atomic mass is 9.95. The van der Waals surface area contributed by atoms with Crippen molar-refractivity contribution in [2.24, 2.45) is 7.05 Å². The third-order valence-electron chi connectivity index (χ3n) is 4.42. The number of carbonyl (C=O) groups excluding carboxylic acids is 2. The van der Waals surface area contributed by atoms with Crippen LogP contribution in [-0.2, 0) is 30.8 Å². The molecule has 1 aliphatic rings. The largest absolute Gasteiger partial charge is 0.459 e. The summed E-state index contributed by atoms with van der Waals surface area (Å²) in [5.74, 6) is -1.44. The zero-order valence-electron chi connectivity index (χ0n) is 15.9. The predicted octanol–water partition coefficient (Wildman–Crippen LogP) is 4.85. The van der Waals surface area contributed by atoms with E-state index in [0.29, 0.717) is 6.42 Å². The highest BCUT2D eigenvalue weighted by Crippen LogP contribution is 2.40. The second kappa shape index (κ2) is 7.98. The molecule has 1 amide bonds. The van der Waals surface area contributed by atoms with E-state index in [2.05, 4.69) is 10.4 Å². The summed E-state index contributed by atoms with van der Waals surface area (Å²) in [6.45, 7) is 3.42. The van der Waals surface area contributed by atoms with Crippen LogP contribution >= 0.6 is 22.9 Å². The van der Waals surface area contributed by atoms with Gasteiger partial charge in [-0.3, -0.25) is 9.48 Å². The number of esters is 1. The van der Waals surface area contributed by atoms with Crippen molar-refractivity contribution in [2.75, 3.05) is 5.32 Å². The quantitative estimate of drug-likeness (QED) is 0.677. The Morgan fingerprint density at radius 1 is 1.28 bits per heavy atom. The molecule has 1 aliphatic carbocycles. The van der Waals surface area contributed by atoms with E-state index in [9.17, 15) is 22.8 Å². The standard InChI is InChI=1S/C18H19ClF3N3O3S/c1-8(2)28-17(27)11-9-6-4-5-7-10(9)29-16(11)23-15(26)13-12(19)14(18(20,21)22)24-25(13)3/h8H,4-7H2,1-3H3,(H,23,26). The molecule has 3 rings (SSSR count). The Kier molecular flexibility index (Phi) is 5.96. The van der Waals surface area contributed by atoms with Crippen LogP contribution in [0.2, 0.25) is 5.02 Å². The van der Waals surface area contributed by atoms with Gasteiger partial charge >= 0.3 is 12.1 Å². The van der Waals surface area contributed by atoms with Gasteiger partial charge in [0.05, 0.1) is 11.7 Å². The van der Waals surface area contributed by atoms with Crippen LogP contribution in [0.3, 0.4) is 0 Å². The predicted molar refractivity (Wildman–Crippen MR) is 103 cm³/mol. The first-order valence-corrected chi connectivity index (χ1v) is 10.2. The number of fused-ring (bicyclic) bond motifs is 1. The van der Waals surface area contributed by atoms with E-state index < -0.39 is 34.5 Å². The number of nitrogens with one attached hydrogen (secondary N) is 1. The highest BCUT2D eigenvalue weighted by molar-refractivity contribution is 7.17. The van der Waals surface area contributed by atoms with Crippen molar-refractivity contribution in [3.05, 3.63) is 32.4 Å². The van der Waals surface area contributed by atoms with Crippen LogP contribution in [0.25, 0.3) is 0 Å². The average Bonchev–Trinajstić information content (AvgIpc) is 3.10. The highest BCUT2D eigenvalue weighted by Gasteiger charge is 2.40. The molecule has 158 valence electrons. The number of anilines is 1. The molecule has 0 spiro atoms. The SMILES string of the molecule is CC(C)OC(=O)c1c(NC(=O)c2c(Cl)c(C(F)(F)F)nn2C)sc2c1CCCC2. The van der Waals surface area contributed by atoms with Gasteiger partial charge in [-0.25, -0.2) is 4.79 Å². The summed E-state index contributed by atoms with van der Waals surface area (Å²) >= 11 is 7.03. The number of rotatable bonds is 4. The number of hydrogen-bond donors (Lipinski definition) is 1. The Morgan fingerprint density at radius 2 is 1.93 bits per heavy atom. The van der Waals surface area contributed by atoms with Gasteiger partial charge in [-0.05, 0) is 45.1 Å². The lowest BCUT2D eigenvalue weighted by Crippen LogP contribution is -2.19. The second-order valence-corrected chi connectivity index (χ2v) is 8.44. The van der Waals surface area contributed by atoms with Gasteiger partial charge in [-0.2, -0.15) is 18.3 Å². The normalized spacial score (nSPS) is 14.1.